The first-order valence-corrected chi connectivity index (χ1v) is 10.5. The van der Waals surface area contributed by atoms with E-state index >= 15 is 0 Å². The van der Waals surface area contributed by atoms with Crippen molar-refractivity contribution in [3.05, 3.63) is 27.9 Å². The average Bonchev–Trinajstić information content (AvgIpc) is 3.21. The summed E-state index contributed by atoms with van der Waals surface area (Å²) in [7, 11) is 1.51. The van der Waals surface area contributed by atoms with Crippen LogP contribution in [0.3, 0.4) is 0 Å². The topological polar surface area (TPSA) is 93.5 Å². The Morgan fingerprint density at radius 2 is 2.07 bits per heavy atom. The van der Waals surface area contributed by atoms with Crippen LogP contribution in [0.15, 0.2) is 12.1 Å². The summed E-state index contributed by atoms with van der Waals surface area (Å²) in [6, 6.07) is 3.36. The Balaban J connectivity index is 1.68. The van der Waals surface area contributed by atoms with Crippen LogP contribution in [0.2, 0.25) is 0 Å². The van der Waals surface area contributed by atoms with E-state index in [9.17, 15) is 10.1 Å². The number of nitrogens with zero attached hydrogens (tertiary/aromatic N) is 3. The molecule has 5 rings (SSSR count). The van der Waals surface area contributed by atoms with Gasteiger partial charge in [-0.2, -0.15) is 5.10 Å². The Bertz CT molecular complexity index is 887. The highest BCUT2D eigenvalue weighted by molar-refractivity contribution is 5.82. The summed E-state index contributed by atoms with van der Waals surface area (Å²) >= 11 is 0. The summed E-state index contributed by atoms with van der Waals surface area (Å²) in [5.74, 6) is 1.07. The van der Waals surface area contributed by atoms with Crippen LogP contribution in [-0.4, -0.2) is 41.9 Å². The summed E-state index contributed by atoms with van der Waals surface area (Å²) < 4.78 is 11.3. The molecular weight excluding hydrogens is 372 g/mol. The molecule has 4 heterocycles. The number of aromatic nitrogens is 2. The fourth-order valence-corrected chi connectivity index (χ4v) is 4.41. The number of nitro benzene ring substituents is 1. The number of ether oxygens (including phenoxy) is 2. The van der Waals surface area contributed by atoms with Crippen LogP contribution in [0, 0.1) is 10.1 Å². The number of nitro groups is 1. The number of unbranched alkanes of at least 4 members (excludes halogenated alkanes) is 3. The van der Waals surface area contributed by atoms with Crippen molar-refractivity contribution in [2.75, 3.05) is 31.7 Å². The minimum absolute atomic E-state index is 0.0810. The molecule has 0 atom stereocenters. The fourth-order valence-electron chi connectivity index (χ4n) is 4.41. The van der Waals surface area contributed by atoms with Crippen LogP contribution in [-0.2, 0) is 0 Å². The van der Waals surface area contributed by atoms with Gasteiger partial charge in [-0.15, -0.1) is 0 Å². The van der Waals surface area contributed by atoms with Crippen molar-refractivity contribution in [2.24, 2.45) is 0 Å². The number of hydrogen-bond acceptors (Lipinski definition) is 6. The van der Waals surface area contributed by atoms with Crippen LogP contribution in [0.25, 0.3) is 11.3 Å². The van der Waals surface area contributed by atoms with Gasteiger partial charge in [-0.1, -0.05) is 26.2 Å². The van der Waals surface area contributed by atoms with Gasteiger partial charge in [-0.25, -0.2) is 0 Å². The van der Waals surface area contributed by atoms with Gasteiger partial charge in [0, 0.05) is 30.6 Å². The maximum absolute atomic E-state index is 11.8. The number of rotatable bonds is 9. The van der Waals surface area contributed by atoms with Crippen LogP contribution >= 0.6 is 0 Å². The smallest absolute Gasteiger partial charge is 0.315 e. The van der Waals surface area contributed by atoms with E-state index in [4.69, 9.17) is 9.47 Å². The van der Waals surface area contributed by atoms with E-state index in [0.717, 1.165) is 68.7 Å². The van der Waals surface area contributed by atoms with Crippen molar-refractivity contribution in [1.82, 2.24) is 10.2 Å². The molecule has 1 aromatic carbocycles. The maximum Gasteiger partial charge on any atom is 0.315 e. The van der Waals surface area contributed by atoms with Crippen molar-refractivity contribution in [2.45, 2.75) is 51.4 Å². The molecule has 2 aromatic rings. The molecule has 29 heavy (non-hydrogen) atoms. The monoisotopic (exact) mass is 400 g/mol. The molecule has 0 saturated carbocycles. The zero-order valence-electron chi connectivity index (χ0n) is 17.1. The number of fused-ring (bicyclic) bond motifs is 2. The molecule has 2 bridgehead atoms. The second kappa shape index (κ2) is 8.31. The van der Waals surface area contributed by atoms with E-state index in [-0.39, 0.29) is 11.4 Å². The number of hydrogen-bond donors (Lipinski definition) is 1. The van der Waals surface area contributed by atoms with E-state index in [0.29, 0.717) is 23.8 Å². The number of benzene rings is 1. The molecule has 156 valence electrons. The van der Waals surface area contributed by atoms with E-state index in [2.05, 4.69) is 22.0 Å². The molecule has 3 aliphatic heterocycles. The van der Waals surface area contributed by atoms with Crippen molar-refractivity contribution < 1.29 is 14.4 Å². The first kappa shape index (κ1) is 19.5. The molecule has 0 unspecified atom stereocenters. The number of nitrogens with one attached hydrogen (secondary N) is 1. The van der Waals surface area contributed by atoms with E-state index < -0.39 is 4.92 Å². The molecule has 0 radical (unpaired) electrons. The van der Waals surface area contributed by atoms with Crippen LogP contribution in [0.1, 0.15) is 57.1 Å². The largest absolute Gasteiger partial charge is 0.493 e. The lowest BCUT2D eigenvalue weighted by molar-refractivity contribution is -0.385. The quantitative estimate of drug-likeness (QED) is 0.374. The zero-order valence-corrected chi connectivity index (χ0v) is 17.1. The predicted molar refractivity (Wildman–Crippen MR) is 111 cm³/mol. The van der Waals surface area contributed by atoms with Gasteiger partial charge in [0.2, 0.25) is 5.75 Å². The zero-order chi connectivity index (χ0) is 20.4. The lowest BCUT2D eigenvalue weighted by Gasteiger charge is -2.40. The van der Waals surface area contributed by atoms with Gasteiger partial charge < -0.3 is 14.4 Å². The second-order valence-corrected chi connectivity index (χ2v) is 7.79. The minimum atomic E-state index is -0.404. The second-order valence-electron chi connectivity index (χ2n) is 7.79. The van der Waals surface area contributed by atoms with Crippen molar-refractivity contribution in [1.29, 1.82) is 0 Å². The standard InChI is InChI=1S/C21H28N4O4/c1-3-4-5-6-11-29-21-16(25(26)27)12-15(13-17(21)28-2)19-20-18(22-23-19)14-7-9-24(20)10-8-14/h12-14H,3-11H2,1-2H3,(H,22,23). The van der Waals surface area contributed by atoms with Crippen LogP contribution < -0.4 is 14.4 Å². The molecule has 0 spiro atoms. The normalized spacial score (nSPS) is 15.4. The Kier molecular flexibility index (Phi) is 5.60. The van der Waals surface area contributed by atoms with Crippen LogP contribution in [0.4, 0.5) is 11.4 Å². The first-order valence-electron chi connectivity index (χ1n) is 10.5. The van der Waals surface area contributed by atoms with Crippen molar-refractivity contribution in [3.63, 3.8) is 0 Å². The fraction of sp³-hybridized carbons (Fsp3) is 0.571. The number of H-pyrrole nitrogens is 1. The number of aromatic amines is 1. The van der Waals surface area contributed by atoms with Crippen molar-refractivity contribution >= 4 is 11.4 Å². The molecule has 0 aliphatic carbocycles. The summed E-state index contributed by atoms with van der Waals surface area (Å²) in [5, 5.41) is 19.5. The molecule has 8 nitrogen and oxygen atoms in total. The molecule has 1 fully saturated rings. The molecule has 0 amide bonds. The third kappa shape index (κ3) is 3.63. The number of anilines is 1. The first-order chi connectivity index (χ1) is 14.1. The lowest BCUT2D eigenvalue weighted by atomic mass is 9.86. The summed E-state index contributed by atoms with van der Waals surface area (Å²) in [6.45, 7) is 4.58. The van der Waals surface area contributed by atoms with Gasteiger partial charge in [-0.05, 0) is 25.3 Å². The highest BCUT2D eigenvalue weighted by Gasteiger charge is 2.36. The van der Waals surface area contributed by atoms with Crippen molar-refractivity contribution in [3.8, 4) is 22.8 Å². The summed E-state index contributed by atoms with van der Waals surface area (Å²) in [6.07, 6.45) is 6.42. The molecule has 1 saturated heterocycles. The summed E-state index contributed by atoms with van der Waals surface area (Å²) in [4.78, 5) is 13.7. The third-order valence-corrected chi connectivity index (χ3v) is 5.96. The van der Waals surface area contributed by atoms with E-state index in [1.54, 1.807) is 12.1 Å². The molecule has 1 aromatic heterocycles. The van der Waals surface area contributed by atoms with Crippen LogP contribution in [0.5, 0.6) is 11.5 Å². The van der Waals surface area contributed by atoms with Gasteiger partial charge in [0.15, 0.2) is 5.75 Å². The predicted octanol–water partition coefficient (Wildman–Crippen LogP) is 4.65. The Morgan fingerprint density at radius 1 is 1.28 bits per heavy atom. The summed E-state index contributed by atoms with van der Waals surface area (Å²) in [5.41, 5.74) is 3.58. The molecular formula is C21H28N4O4. The van der Waals surface area contributed by atoms with Gasteiger partial charge in [-0.3, -0.25) is 15.2 Å². The van der Waals surface area contributed by atoms with Gasteiger partial charge >= 0.3 is 5.69 Å². The Morgan fingerprint density at radius 3 is 2.76 bits per heavy atom. The number of piperidine rings is 1. The lowest BCUT2D eigenvalue weighted by Crippen LogP contribution is -2.38. The van der Waals surface area contributed by atoms with Gasteiger partial charge in [0.25, 0.3) is 0 Å². The Labute approximate surface area is 170 Å². The highest BCUT2D eigenvalue weighted by atomic mass is 16.6. The molecule has 3 aliphatic rings. The van der Waals surface area contributed by atoms with E-state index in [1.165, 1.54) is 7.11 Å². The third-order valence-electron chi connectivity index (χ3n) is 5.96. The van der Waals surface area contributed by atoms with Gasteiger partial charge in [0.1, 0.15) is 5.69 Å². The minimum Gasteiger partial charge on any atom is -0.493 e. The SMILES string of the molecule is CCCCCCOc1c(OC)cc(-c2n[nH]c3c2N2CCC3CC2)cc1[N+](=O)[O-]. The molecule has 1 N–H and O–H groups in total. The van der Waals surface area contributed by atoms with E-state index in [1.807, 2.05) is 0 Å². The van der Waals surface area contributed by atoms with Gasteiger partial charge in [0.05, 0.1) is 30.0 Å². The highest BCUT2D eigenvalue weighted by Crippen LogP contribution is 2.48. The Hall–Kier alpha value is -2.77. The number of methoxy groups -OCH3 is 1. The average molecular weight is 400 g/mol. The molecule has 8 heteroatoms. The maximum atomic E-state index is 11.8.